The Morgan fingerprint density at radius 1 is 0.243 bits per heavy atom. The second kappa shape index (κ2) is 25.1. The minimum absolute atomic E-state index is 0. The van der Waals surface area contributed by atoms with E-state index < -0.39 is 108 Å². The fraction of sp³-hybridized carbons (Fsp3) is 0. The second-order valence-corrected chi connectivity index (χ2v) is 19.4. The third-order valence-corrected chi connectivity index (χ3v) is 15.6. The molecular weight excluding hydrogens is 1320 g/mol. The molecule has 10 rings (SSSR count). The van der Waals surface area contributed by atoms with E-state index in [1.165, 1.54) is 31.8 Å². The van der Waals surface area contributed by atoms with Crippen LogP contribution in [0, 0.1) is 46.5 Å². The number of benzene rings is 8. The van der Waals surface area contributed by atoms with E-state index in [1.807, 2.05) is 0 Å². The molecule has 8 aromatic rings. The molecule has 0 spiro atoms. The Morgan fingerprint density at radius 3 is 0.529 bits per heavy atom. The van der Waals surface area contributed by atoms with Gasteiger partial charge in [-0.15, -0.1) is 0 Å². The van der Waals surface area contributed by atoms with Crippen molar-refractivity contribution in [1.29, 1.82) is 0 Å². The van der Waals surface area contributed by atoms with Gasteiger partial charge in [-0.1, -0.05) is 109 Å². The van der Waals surface area contributed by atoms with Crippen molar-refractivity contribution >= 4 is 71.3 Å². The standard InChI is InChI=1S/2C18H15P.2C8HF4NO2.2Au/c2*1-4-10-16(11-5-1)19(17-12-6-2-7-13-17)18-14-8-3-9-15-18;2*9-3-1-2(8(15)13-7(1)14)4(10)6(12)5(3)11;;/h2*1-15H;2*(H,13,14,15);;/q;;;;2*+1. The van der Waals surface area contributed by atoms with Crippen LogP contribution in [0.3, 0.4) is 0 Å². The summed E-state index contributed by atoms with van der Waals surface area (Å²) in [4.78, 5) is 43.3. The first-order chi connectivity index (χ1) is 32.8. The molecule has 0 atom stereocenters. The topological polar surface area (TPSA) is 96.5 Å². The van der Waals surface area contributed by atoms with Crippen LogP contribution in [0.2, 0.25) is 0 Å². The first-order valence-corrected chi connectivity index (χ1v) is 23.2. The van der Waals surface area contributed by atoms with Crippen LogP contribution in [0.1, 0.15) is 41.4 Å². The number of halogens is 8. The van der Waals surface area contributed by atoms with Crippen LogP contribution in [0.4, 0.5) is 35.1 Å². The van der Waals surface area contributed by atoms with Crippen molar-refractivity contribution in [2.75, 3.05) is 0 Å². The molecule has 2 aliphatic heterocycles. The fourth-order valence-corrected chi connectivity index (χ4v) is 12.3. The average Bonchev–Trinajstić information content (AvgIpc) is 3.85. The number of amides is 4. The van der Waals surface area contributed by atoms with Gasteiger partial charge in [0.1, 0.15) is 31.8 Å². The molecule has 2 aliphatic rings. The molecule has 70 heavy (non-hydrogen) atoms. The van der Waals surface area contributed by atoms with E-state index in [-0.39, 0.29) is 44.8 Å². The summed E-state index contributed by atoms with van der Waals surface area (Å²) in [5.74, 6) is -21.8. The number of nitrogens with zero attached hydrogens (tertiary/aromatic N) is 2. The molecule has 0 aliphatic carbocycles. The van der Waals surface area contributed by atoms with Gasteiger partial charge in [-0.05, 0) is 72.8 Å². The van der Waals surface area contributed by atoms with Gasteiger partial charge >= 0.3 is 44.8 Å². The van der Waals surface area contributed by atoms with Crippen LogP contribution < -0.4 is 31.8 Å². The molecule has 8 aromatic carbocycles. The number of hydrogen-bond acceptors (Lipinski definition) is 4. The molecule has 2 heterocycles. The Morgan fingerprint density at radius 2 is 0.386 bits per heavy atom. The second-order valence-electron chi connectivity index (χ2n) is 14.4. The molecule has 0 saturated carbocycles. The predicted molar refractivity (Wildman–Crippen MR) is 250 cm³/mol. The van der Waals surface area contributed by atoms with Gasteiger partial charge in [0, 0.05) is 0 Å². The fourth-order valence-electron chi connectivity index (χ4n) is 7.10. The summed E-state index contributed by atoms with van der Waals surface area (Å²) in [5, 5.41) is 13.9. The molecule has 0 N–H and O–H groups in total. The van der Waals surface area contributed by atoms with Crippen LogP contribution in [0.5, 0.6) is 0 Å². The van der Waals surface area contributed by atoms with E-state index in [0.717, 1.165) is 0 Å². The molecule has 4 amide bonds. The number of fused-ring (bicyclic) bond motifs is 2. The van der Waals surface area contributed by atoms with Gasteiger partial charge in [0.25, 0.3) is 0 Å². The molecule has 0 saturated heterocycles. The maximum absolute atomic E-state index is 13.0. The van der Waals surface area contributed by atoms with Gasteiger partial charge in [0.05, 0.1) is 61.7 Å². The quantitative estimate of drug-likeness (QED) is 0.0414. The molecule has 18 heteroatoms. The Labute approximate surface area is 429 Å². The van der Waals surface area contributed by atoms with Crippen LogP contribution in [-0.4, -0.2) is 23.6 Å². The summed E-state index contributed by atoms with van der Waals surface area (Å²) in [6.07, 6.45) is 0. The van der Waals surface area contributed by atoms with Crippen molar-refractivity contribution in [3.05, 3.63) is 261 Å². The van der Waals surface area contributed by atoms with Crippen molar-refractivity contribution in [3.8, 4) is 0 Å². The molecule has 0 aromatic heterocycles. The van der Waals surface area contributed by atoms with E-state index in [9.17, 15) is 54.3 Å². The first-order valence-electron chi connectivity index (χ1n) is 20.2. The van der Waals surface area contributed by atoms with Gasteiger partial charge in [-0.2, -0.15) is 0 Å². The summed E-state index contributed by atoms with van der Waals surface area (Å²) >= 11 is 0. The maximum atomic E-state index is 13.0. The van der Waals surface area contributed by atoms with E-state index in [0.29, 0.717) is 0 Å². The molecule has 360 valence electrons. The summed E-state index contributed by atoms with van der Waals surface area (Å²) < 4.78 is 102. The Balaban J connectivity index is 0.000000173. The smallest absolute Gasteiger partial charge is 0.587 e. The minimum atomic E-state index is -2.13. The molecular formula is C52H32Au2F8N2O4P2+2. The third-order valence-electron chi connectivity index (χ3n) is 10.2. The zero-order chi connectivity index (χ0) is 48.5. The molecule has 0 unspecified atom stereocenters. The molecule has 6 nitrogen and oxygen atoms in total. The van der Waals surface area contributed by atoms with Gasteiger partial charge < -0.3 is 29.8 Å². The first kappa shape index (κ1) is 54.8. The van der Waals surface area contributed by atoms with E-state index in [4.69, 9.17) is 0 Å². The van der Waals surface area contributed by atoms with Crippen LogP contribution >= 0.6 is 15.8 Å². The SMILES string of the molecule is O=C1[N-]C(=O)c2c(F)c(F)c(F)c(F)c21.O=C1[N-]C(=O)c2c(F)c(F)c(F)c(F)c21.[Au+].[Au+].c1ccc([PH+](c2ccccc2)c2ccccc2)cc1.c1ccc([PH+](c2ccccc2)c2ccccc2)cc1. The van der Waals surface area contributed by atoms with Crippen LogP contribution in [-0.2, 0) is 44.8 Å². The van der Waals surface area contributed by atoms with Gasteiger partial charge in [0.15, 0.2) is 46.5 Å². The number of hydrogen-bond donors (Lipinski definition) is 0. The van der Waals surface area contributed by atoms with Crippen molar-refractivity contribution in [2.24, 2.45) is 0 Å². The summed E-state index contributed by atoms with van der Waals surface area (Å²) in [6.45, 7) is 0. The number of imide groups is 2. The van der Waals surface area contributed by atoms with Crippen molar-refractivity contribution in [1.82, 2.24) is 0 Å². The van der Waals surface area contributed by atoms with E-state index in [2.05, 4.69) is 193 Å². The Bertz CT molecular complexity index is 2650. The Kier molecular flexibility index (Phi) is 19.6. The van der Waals surface area contributed by atoms with Gasteiger partial charge in [-0.3, -0.25) is 0 Å². The Hall–Kier alpha value is -6.18. The van der Waals surface area contributed by atoms with E-state index >= 15 is 0 Å². The predicted octanol–water partition coefficient (Wildman–Crippen LogP) is 10.2. The number of carbonyl (C=O) groups excluding carboxylic acids is 4. The zero-order valence-corrected chi connectivity index (χ0v) is 41.8. The van der Waals surface area contributed by atoms with Crippen molar-refractivity contribution < 1.29 is 99.1 Å². The summed E-state index contributed by atoms with van der Waals surface area (Å²) in [6, 6.07) is 65.0. The molecule has 0 bridgehead atoms. The summed E-state index contributed by atoms with van der Waals surface area (Å²) in [7, 11) is -1.75. The third kappa shape index (κ3) is 12.0. The molecule has 0 fully saturated rings. The average molecular weight is 1360 g/mol. The minimum Gasteiger partial charge on any atom is -0.587 e. The van der Waals surface area contributed by atoms with Crippen LogP contribution in [0.15, 0.2) is 182 Å². The monoisotopic (exact) mass is 1360 g/mol. The van der Waals surface area contributed by atoms with Gasteiger partial charge in [-0.25, -0.2) is 35.1 Å². The van der Waals surface area contributed by atoms with Crippen molar-refractivity contribution in [3.63, 3.8) is 0 Å². The maximum Gasteiger partial charge on any atom is 1.00 e. The van der Waals surface area contributed by atoms with Gasteiger partial charge in [0.2, 0.25) is 0 Å². The zero-order valence-electron chi connectivity index (χ0n) is 35.5. The van der Waals surface area contributed by atoms with Crippen LogP contribution in [0.25, 0.3) is 10.6 Å². The normalized spacial score (nSPS) is 11.8. The molecule has 0 radical (unpaired) electrons. The summed E-state index contributed by atoms with van der Waals surface area (Å²) in [5.41, 5.74) is -4.62. The van der Waals surface area contributed by atoms with E-state index in [1.54, 1.807) is 0 Å². The van der Waals surface area contributed by atoms with Crippen molar-refractivity contribution in [2.45, 2.75) is 0 Å². The number of carbonyl (C=O) groups is 4. The number of rotatable bonds is 6. The largest absolute Gasteiger partial charge is 1.00 e.